The summed E-state index contributed by atoms with van der Waals surface area (Å²) in [4.78, 5) is 29.7. The maximum atomic E-state index is 13.1. The third kappa shape index (κ3) is 5.42. The summed E-state index contributed by atoms with van der Waals surface area (Å²) in [6.07, 6.45) is 4.36. The van der Waals surface area contributed by atoms with Gasteiger partial charge < -0.3 is 19.6 Å². The zero-order chi connectivity index (χ0) is 25.2. The van der Waals surface area contributed by atoms with Gasteiger partial charge in [0.1, 0.15) is 0 Å². The standard InChI is InChI=1S/C28H32Cl2N2O4/c29-25-16-21(18-1-3-19(4-2-18)27(34)31-11-13-36-14-12-31)17-26(30)24(25)15-20-9-10-32(28(20)35)22-5-7-23(33)8-6-22/h1-4,16-17,20,22-23,33H,5-15H2/t20-,22-,23-/m0/s1. The molecule has 192 valence electrons. The number of nitrogens with zero attached hydrogens (tertiary/aromatic N) is 2. The van der Waals surface area contributed by atoms with Crippen molar-refractivity contribution in [3.63, 3.8) is 0 Å². The van der Waals surface area contributed by atoms with Crippen molar-refractivity contribution in [1.29, 1.82) is 0 Å². The molecule has 2 aromatic rings. The summed E-state index contributed by atoms with van der Waals surface area (Å²) >= 11 is 13.4. The van der Waals surface area contributed by atoms with Gasteiger partial charge in [-0.15, -0.1) is 0 Å². The first-order valence-corrected chi connectivity index (χ1v) is 13.6. The summed E-state index contributed by atoms with van der Waals surface area (Å²) < 4.78 is 5.33. The molecule has 5 rings (SSSR count). The molecule has 1 saturated carbocycles. The molecule has 0 radical (unpaired) electrons. The molecular formula is C28H32Cl2N2O4. The molecule has 8 heteroatoms. The highest BCUT2D eigenvalue weighted by molar-refractivity contribution is 6.36. The summed E-state index contributed by atoms with van der Waals surface area (Å²) in [6.45, 7) is 3.12. The molecule has 2 aromatic carbocycles. The van der Waals surface area contributed by atoms with Crippen LogP contribution in [-0.2, 0) is 16.0 Å². The second kappa shape index (κ2) is 11.1. The Hall–Kier alpha value is -2.12. The molecule has 0 bridgehead atoms. The number of aliphatic hydroxyl groups excluding tert-OH is 1. The number of ether oxygens (including phenoxy) is 1. The van der Waals surface area contributed by atoms with Gasteiger partial charge in [-0.25, -0.2) is 0 Å². The Kier molecular flexibility index (Phi) is 7.87. The lowest BCUT2D eigenvalue weighted by molar-refractivity contribution is -0.133. The molecule has 2 aliphatic heterocycles. The largest absolute Gasteiger partial charge is 0.393 e. The van der Waals surface area contributed by atoms with Crippen LogP contribution in [0, 0.1) is 5.92 Å². The quantitative estimate of drug-likeness (QED) is 0.601. The Labute approximate surface area is 222 Å². The van der Waals surface area contributed by atoms with Crippen molar-refractivity contribution in [2.45, 2.75) is 50.7 Å². The molecule has 0 spiro atoms. The Morgan fingerprint density at radius 1 is 0.917 bits per heavy atom. The fraction of sp³-hybridized carbons (Fsp3) is 0.500. The number of morpholine rings is 1. The van der Waals surface area contributed by atoms with Crippen LogP contribution in [0.15, 0.2) is 36.4 Å². The molecule has 0 unspecified atom stereocenters. The van der Waals surface area contributed by atoms with Crippen molar-refractivity contribution >= 4 is 35.0 Å². The number of hydrogen-bond donors (Lipinski definition) is 1. The molecule has 3 fully saturated rings. The molecule has 36 heavy (non-hydrogen) atoms. The fourth-order valence-electron chi connectivity index (χ4n) is 5.65. The highest BCUT2D eigenvalue weighted by atomic mass is 35.5. The van der Waals surface area contributed by atoms with Gasteiger partial charge in [0.15, 0.2) is 0 Å². The average Bonchev–Trinajstić information content (AvgIpc) is 3.26. The monoisotopic (exact) mass is 530 g/mol. The van der Waals surface area contributed by atoms with Gasteiger partial charge in [-0.1, -0.05) is 35.3 Å². The Balaban J connectivity index is 1.26. The lowest BCUT2D eigenvalue weighted by atomic mass is 9.92. The van der Waals surface area contributed by atoms with Gasteiger partial charge in [0.25, 0.3) is 5.91 Å². The highest BCUT2D eigenvalue weighted by Crippen LogP contribution is 2.36. The topological polar surface area (TPSA) is 70.1 Å². The Morgan fingerprint density at radius 3 is 2.19 bits per heavy atom. The van der Waals surface area contributed by atoms with E-state index in [0.29, 0.717) is 48.3 Å². The molecule has 2 heterocycles. The number of carbonyl (C=O) groups excluding carboxylic acids is 2. The molecule has 3 aliphatic rings. The first-order valence-electron chi connectivity index (χ1n) is 12.8. The predicted molar refractivity (Wildman–Crippen MR) is 140 cm³/mol. The molecule has 1 atom stereocenters. The average molecular weight is 531 g/mol. The molecule has 2 saturated heterocycles. The van der Waals surface area contributed by atoms with Crippen LogP contribution in [0.5, 0.6) is 0 Å². The minimum Gasteiger partial charge on any atom is -0.393 e. The zero-order valence-corrected chi connectivity index (χ0v) is 21.8. The smallest absolute Gasteiger partial charge is 0.254 e. The van der Waals surface area contributed by atoms with Gasteiger partial charge in [-0.2, -0.15) is 0 Å². The second-order valence-corrected chi connectivity index (χ2v) is 10.9. The molecule has 1 N–H and O–H groups in total. The zero-order valence-electron chi connectivity index (χ0n) is 20.3. The number of hydrogen-bond acceptors (Lipinski definition) is 4. The number of halogens is 2. The van der Waals surface area contributed by atoms with Crippen LogP contribution in [0.3, 0.4) is 0 Å². The summed E-state index contributed by atoms with van der Waals surface area (Å²) in [6, 6.07) is 11.5. The summed E-state index contributed by atoms with van der Waals surface area (Å²) in [5.74, 6) is 0.0623. The lowest BCUT2D eigenvalue weighted by Gasteiger charge is -2.33. The fourth-order valence-corrected chi connectivity index (χ4v) is 6.29. The summed E-state index contributed by atoms with van der Waals surface area (Å²) in [5, 5.41) is 10.9. The first-order chi connectivity index (χ1) is 17.4. The molecule has 0 aromatic heterocycles. The number of aliphatic hydroxyl groups is 1. The first kappa shape index (κ1) is 25.5. The Bertz CT molecular complexity index is 1090. The SMILES string of the molecule is O=C(c1ccc(-c2cc(Cl)c(C[C@@H]3CCN([C@H]4CC[C@H](O)CC4)C3=O)c(Cl)c2)cc1)N1CCOCC1. The maximum Gasteiger partial charge on any atom is 0.254 e. The number of benzene rings is 2. The van der Waals surface area contributed by atoms with E-state index >= 15 is 0 Å². The van der Waals surface area contributed by atoms with Crippen molar-refractivity contribution in [2.75, 3.05) is 32.8 Å². The predicted octanol–water partition coefficient (Wildman–Crippen LogP) is 4.83. The van der Waals surface area contributed by atoms with E-state index in [0.717, 1.165) is 55.3 Å². The van der Waals surface area contributed by atoms with Crippen LogP contribution in [0.2, 0.25) is 10.0 Å². The number of amides is 2. The molecule has 2 amide bonds. The lowest BCUT2D eigenvalue weighted by Crippen LogP contribution is -2.41. The molecular weight excluding hydrogens is 499 g/mol. The van der Waals surface area contributed by atoms with Gasteiger partial charge in [0, 0.05) is 47.2 Å². The van der Waals surface area contributed by atoms with Gasteiger partial charge in [-0.3, -0.25) is 9.59 Å². The van der Waals surface area contributed by atoms with Crippen molar-refractivity contribution in [3.05, 3.63) is 57.6 Å². The van der Waals surface area contributed by atoms with E-state index in [9.17, 15) is 14.7 Å². The van der Waals surface area contributed by atoms with E-state index in [1.54, 1.807) is 0 Å². The van der Waals surface area contributed by atoms with Crippen LogP contribution >= 0.6 is 23.2 Å². The van der Waals surface area contributed by atoms with E-state index in [2.05, 4.69) is 0 Å². The number of carbonyl (C=O) groups is 2. The maximum absolute atomic E-state index is 13.1. The van der Waals surface area contributed by atoms with Crippen LogP contribution in [0.4, 0.5) is 0 Å². The highest BCUT2D eigenvalue weighted by Gasteiger charge is 2.37. The third-order valence-corrected chi connectivity index (χ3v) is 8.49. The van der Waals surface area contributed by atoms with E-state index in [1.165, 1.54) is 0 Å². The van der Waals surface area contributed by atoms with Crippen LogP contribution in [-0.4, -0.2) is 71.7 Å². The van der Waals surface area contributed by atoms with E-state index < -0.39 is 0 Å². The number of rotatable bonds is 5. The number of likely N-dealkylation sites (tertiary alicyclic amines) is 1. The normalized spacial score (nSPS) is 24.9. The van der Waals surface area contributed by atoms with Crippen LogP contribution < -0.4 is 0 Å². The van der Waals surface area contributed by atoms with Crippen molar-refractivity contribution in [2.24, 2.45) is 5.92 Å². The Morgan fingerprint density at radius 2 is 1.56 bits per heavy atom. The van der Waals surface area contributed by atoms with Crippen LogP contribution in [0.1, 0.15) is 48.0 Å². The molecule has 1 aliphatic carbocycles. The van der Waals surface area contributed by atoms with Crippen molar-refractivity contribution in [3.8, 4) is 11.1 Å². The minimum absolute atomic E-state index is 0.0101. The third-order valence-electron chi connectivity index (χ3n) is 7.81. The summed E-state index contributed by atoms with van der Waals surface area (Å²) in [7, 11) is 0. The minimum atomic E-state index is -0.229. The van der Waals surface area contributed by atoms with E-state index in [-0.39, 0.29) is 29.9 Å². The van der Waals surface area contributed by atoms with Gasteiger partial charge >= 0.3 is 0 Å². The van der Waals surface area contributed by atoms with Crippen molar-refractivity contribution < 1.29 is 19.4 Å². The van der Waals surface area contributed by atoms with E-state index in [4.69, 9.17) is 27.9 Å². The van der Waals surface area contributed by atoms with Crippen molar-refractivity contribution in [1.82, 2.24) is 9.80 Å². The van der Waals surface area contributed by atoms with Gasteiger partial charge in [-0.05, 0) is 79.5 Å². The van der Waals surface area contributed by atoms with Crippen LogP contribution in [0.25, 0.3) is 11.1 Å². The van der Waals surface area contributed by atoms with Gasteiger partial charge in [0.05, 0.1) is 19.3 Å². The van der Waals surface area contributed by atoms with Gasteiger partial charge in [0.2, 0.25) is 5.91 Å². The summed E-state index contributed by atoms with van der Waals surface area (Å²) in [5.41, 5.74) is 3.25. The second-order valence-electron chi connectivity index (χ2n) is 10.1. The molecule has 6 nitrogen and oxygen atoms in total. The van der Waals surface area contributed by atoms with E-state index in [1.807, 2.05) is 46.2 Å².